The van der Waals surface area contributed by atoms with Crippen LogP contribution in [0.1, 0.15) is 45.6 Å². The Labute approximate surface area is 120 Å². The maximum absolute atomic E-state index is 12.5. The molecule has 4 heteroatoms. The van der Waals surface area contributed by atoms with Crippen LogP contribution >= 0.6 is 0 Å². The first-order chi connectivity index (χ1) is 9.49. The first-order valence-corrected chi connectivity index (χ1v) is 7.24. The molecular formula is C16H23NO3. The van der Waals surface area contributed by atoms with Gasteiger partial charge in [-0.05, 0) is 38.0 Å². The summed E-state index contributed by atoms with van der Waals surface area (Å²) in [6.45, 7) is 6.40. The van der Waals surface area contributed by atoms with Gasteiger partial charge in [0.1, 0.15) is 5.75 Å². The highest BCUT2D eigenvalue weighted by Crippen LogP contribution is 2.38. The average molecular weight is 277 g/mol. The van der Waals surface area contributed by atoms with Crippen LogP contribution in [0.5, 0.6) is 5.75 Å². The first kappa shape index (κ1) is 14.9. The lowest BCUT2D eigenvalue weighted by atomic mass is 10.0. The van der Waals surface area contributed by atoms with Gasteiger partial charge in [-0.2, -0.15) is 0 Å². The zero-order chi connectivity index (χ0) is 14.8. The van der Waals surface area contributed by atoms with Crippen molar-refractivity contribution >= 4 is 11.6 Å². The Bertz CT molecular complexity index is 496. The maximum Gasteiger partial charge on any atom is 0.270 e. The van der Waals surface area contributed by atoms with Crippen molar-refractivity contribution in [2.24, 2.45) is 0 Å². The minimum atomic E-state index is -0.833. The molecule has 0 fully saturated rings. The third-order valence-corrected chi connectivity index (χ3v) is 3.61. The van der Waals surface area contributed by atoms with Gasteiger partial charge in [0.2, 0.25) is 0 Å². The van der Waals surface area contributed by atoms with E-state index in [0.29, 0.717) is 12.3 Å². The number of hydrogen-bond acceptors (Lipinski definition) is 3. The highest BCUT2D eigenvalue weighted by atomic mass is 16.5. The summed E-state index contributed by atoms with van der Waals surface area (Å²) in [5.74, 6) is 0.694. The van der Waals surface area contributed by atoms with Gasteiger partial charge in [-0.3, -0.25) is 4.79 Å². The molecule has 0 saturated carbocycles. The molecular weight excluding hydrogens is 254 g/mol. The van der Waals surface area contributed by atoms with Crippen LogP contribution in [0.3, 0.4) is 0 Å². The number of unbranched alkanes of at least 4 members (excludes halogenated alkanes) is 2. The lowest BCUT2D eigenvalue weighted by molar-refractivity contribution is -0.132. The maximum atomic E-state index is 12.5. The Morgan fingerprint density at radius 2 is 2.05 bits per heavy atom. The van der Waals surface area contributed by atoms with Crippen molar-refractivity contribution in [2.45, 2.75) is 52.2 Å². The fourth-order valence-electron chi connectivity index (χ4n) is 2.45. The quantitative estimate of drug-likeness (QED) is 0.842. The average Bonchev–Trinajstić information content (AvgIpc) is 2.42. The molecule has 0 aromatic heterocycles. The number of amides is 1. The lowest BCUT2D eigenvalue weighted by Gasteiger charge is -2.39. The first-order valence-electron chi connectivity index (χ1n) is 7.24. The molecule has 2 rings (SSSR count). The topological polar surface area (TPSA) is 49.8 Å². The molecule has 20 heavy (non-hydrogen) atoms. The number of hydrogen-bond donors (Lipinski definition) is 1. The third kappa shape index (κ3) is 2.80. The van der Waals surface area contributed by atoms with Gasteiger partial charge in [0.05, 0.1) is 12.3 Å². The molecule has 0 saturated heterocycles. The van der Waals surface area contributed by atoms with Crippen LogP contribution < -0.4 is 9.64 Å². The molecule has 1 aliphatic rings. The molecule has 0 radical (unpaired) electrons. The standard InChI is InChI=1S/C16H23NO3/c1-4-5-6-9-17-13-10-12(11-18)7-8-14(13)20-16(2,3)15(17)19/h7-8,10,18H,4-6,9,11H2,1-3H3. The molecule has 1 N–H and O–H groups in total. The third-order valence-electron chi connectivity index (χ3n) is 3.61. The Morgan fingerprint density at radius 1 is 1.30 bits per heavy atom. The second kappa shape index (κ2) is 5.83. The number of rotatable bonds is 5. The monoisotopic (exact) mass is 277 g/mol. The number of benzene rings is 1. The van der Waals surface area contributed by atoms with Crippen LogP contribution in [0.4, 0.5) is 5.69 Å². The summed E-state index contributed by atoms with van der Waals surface area (Å²) in [5, 5.41) is 9.26. The van der Waals surface area contributed by atoms with Crippen molar-refractivity contribution in [1.29, 1.82) is 0 Å². The smallest absolute Gasteiger partial charge is 0.270 e. The zero-order valence-corrected chi connectivity index (χ0v) is 12.5. The highest BCUT2D eigenvalue weighted by molar-refractivity contribution is 6.02. The summed E-state index contributed by atoms with van der Waals surface area (Å²) in [6, 6.07) is 5.51. The normalized spacial score (nSPS) is 16.8. The van der Waals surface area contributed by atoms with Crippen LogP contribution in [0.25, 0.3) is 0 Å². The summed E-state index contributed by atoms with van der Waals surface area (Å²) < 4.78 is 5.79. The molecule has 0 unspecified atom stereocenters. The van der Waals surface area contributed by atoms with Crippen molar-refractivity contribution in [3.63, 3.8) is 0 Å². The predicted molar refractivity (Wildman–Crippen MR) is 78.9 cm³/mol. The van der Waals surface area contributed by atoms with Gasteiger partial charge in [-0.1, -0.05) is 25.8 Å². The summed E-state index contributed by atoms with van der Waals surface area (Å²) >= 11 is 0. The van der Waals surface area contributed by atoms with Crippen molar-refractivity contribution < 1.29 is 14.6 Å². The van der Waals surface area contributed by atoms with Gasteiger partial charge in [-0.25, -0.2) is 0 Å². The van der Waals surface area contributed by atoms with E-state index in [0.717, 1.165) is 30.5 Å². The van der Waals surface area contributed by atoms with Gasteiger partial charge >= 0.3 is 0 Å². The molecule has 1 heterocycles. The van der Waals surface area contributed by atoms with E-state index in [1.54, 1.807) is 18.7 Å². The van der Waals surface area contributed by atoms with Crippen molar-refractivity contribution in [3.8, 4) is 5.75 Å². The molecule has 0 atom stereocenters. The number of aliphatic hydroxyl groups excluding tert-OH is 1. The summed E-state index contributed by atoms with van der Waals surface area (Å²) in [6.07, 6.45) is 3.19. The fourth-order valence-corrected chi connectivity index (χ4v) is 2.45. The lowest BCUT2D eigenvalue weighted by Crippen LogP contribution is -2.52. The van der Waals surface area contributed by atoms with Crippen LogP contribution in [0.15, 0.2) is 18.2 Å². The van der Waals surface area contributed by atoms with Crippen LogP contribution in [-0.4, -0.2) is 23.2 Å². The Balaban J connectivity index is 2.35. The second-order valence-corrected chi connectivity index (χ2v) is 5.74. The number of anilines is 1. The Hall–Kier alpha value is -1.55. The van der Waals surface area contributed by atoms with Crippen molar-refractivity contribution in [1.82, 2.24) is 0 Å². The number of fused-ring (bicyclic) bond motifs is 1. The van der Waals surface area contributed by atoms with Crippen LogP contribution in [-0.2, 0) is 11.4 Å². The minimum Gasteiger partial charge on any atom is -0.476 e. The molecule has 1 aromatic carbocycles. The zero-order valence-electron chi connectivity index (χ0n) is 12.5. The molecule has 4 nitrogen and oxygen atoms in total. The van der Waals surface area contributed by atoms with E-state index < -0.39 is 5.60 Å². The summed E-state index contributed by atoms with van der Waals surface area (Å²) in [7, 11) is 0. The Morgan fingerprint density at radius 3 is 2.70 bits per heavy atom. The van der Waals surface area contributed by atoms with Gasteiger partial charge in [0.25, 0.3) is 5.91 Å². The van der Waals surface area contributed by atoms with Gasteiger partial charge in [0, 0.05) is 6.54 Å². The van der Waals surface area contributed by atoms with E-state index in [1.165, 1.54) is 0 Å². The highest BCUT2D eigenvalue weighted by Gasteiger charge is 2.40. The number of carbonyl (C=O) groups excluding carboxylic acids is 1. The van der Waals surface area contributed by atoms with E-state index in [9.17, 15) is 9.90 Å². The van der Waals surface area contributed by atoms with E-state index in [4.69, 9.17) is 4.74 Å². The number of carbonyl (C=O) groups is 1. The number of nitrogens with zero attached hydrogens (tertiary/aromatic N) is 1. The summed E-state index contributed by atoms with van der Waals surface area (Å²) in [4.78, 5) is 14.3. The molecule has 0 spiro atoms. The van der Waals surface area contributed by atoms with Gasteiger partial charge in [0.15, 0.2) is 5.60 Å². The Kier molecular flexibility index (Phi) is 4.33. The fraction of sp³-hybridized carbons (Fsp3) is 0.562. The van der Waals surface area contributed by atoms with Gasteiger partial charge < -0.3 is 14.7 Å². The predicted octanol–water partition coefficient (Wildman–Crippen LogP) is 2.87. The molecule has 1 amide bonds. The molecule has 110 valence electrons. The van der Waals surface area contributed by atoms with E-state index in [2.05, 4.69) is 6.92 Å². The van der Waals surface area contributed by atoms with Crippen molar-refractivity contribution in [2.75, 3.05) is 11.4 Å². The van der Waals surface area contributed by atoms with Gasteiger partial charge in [-0.15, -0.1) is 0 Å². The number of aliphatic hydroxyl groups is 1. The summed E-state index contributed by atoms with van der Waals surface area (Å²) in [5.41, 5.74) is 0.734. The van der Waals surface area contributed by atoms with E-state index in [-0.39, 0.29) is 12.5 Å². The molecule has 0 aliphatic carbocycles. The largest absolute Gasteiger partial charge is 0.476 e. The molecule has 1 aromatic rings. The molecule has 1 aliphatic heterocycles. The van der Waals surface area contributed by atoms with E-state index in [1.807, 2.05) is 18.2 Å². The van der Waals surface area contributed by atoms with Crippen LogP contribution in [0, 0.1) is 0 Å². The SMILES string of the molecule is CCCCCN1C(=O)C(C)(C)Oc2ccc(CO)cc21. The molecule has 0 bridgehead atoms. The second-order valence-electron chi connectivity index (χ2n) is 5.74. The van der Waals surface area contributed by atoms with E-state index >= 15 is 0 Å². The van der Waals surface area contributed by atoms with Crippen LogP contribution in [0.2, 0.25) is 0 Å². The minimum absolute atomic E-state index is 0.0174. The van der Waals surface area contributed by atoms with Crippen molar-refractivity contribution in [3.05, 3.63) is 23.8 Å². The number of ether oxygens (including phenoxy) is 1.